The van der Waals surface area contributed by atoms with Crippen LogP contribution in [0.3, 0.4) is 0 Å². The second kappa shape index (κ2) is 7.39. The molecule has 0 fully saturated rings. The number of thiophene rings is 1. The summed E-state index contributed by atoms with van der Waals surface area (Å²) in [7, 11) is 0. The standard InChI is InChI=1S/C12H15N5O3S/c18-11(19)10(9-3-1-8-21-9)15-12(20)13-4-2-6-17-7-5-14-16-17/h1,3,5,7-8,10H,2,4,6H2,(H,18,19)(H2,13,15,20). The van der Waals surface area contributed by atoms with E-state index in [1.807, 2.05) is 0 Å². The molecule has 0 aliphatic rings. The summed E-state index contributed by atoms with van der Waals surface area (Å²) in [5.41, 5.74) is 0. The Balaban J connectivity index is 1.74. The molecule has 0 aromatic carbocycles. The van der Waals surface area contributed by atoms with Gasteiger partial charge in [-0.3, -0.25) is 4.68 Å². The van der Waals surface area contributed by atoms with E-state index in [2.05, 4.69) is 20.9 Å². The summed E-state index contributed by atoms with van der Waals surface area (Å²) in [6.07, 6.45) is 3.99. The Hall–Kier alpha value is -2.42. The second-order valence-corrected chi connectivity index (χ2v) is 5.19. The molecule has 2 aromatic rings. The Labute approximate surface area is 124 Å². The van der Waals surface area contributed by atoms with Crippen molar-refractivity contribution in [2.24, 2.45) is 0 Å². The average Bonchev–Trinajstić information content (AvgIpc) is 3.13. The van der Waals surface area contributed by atoms with Gasteiger partial charge in [0, 0.05) is 24.2 Å². The molecule has 8 nitrogen and oxygen atoms in total. The number of carbonyl (C=O) groups is 2. The first-order chi connectivity index (χ1) is 10.2. The van der Waals surface area contributed by atoms with E-state index in [0.717, 1.165) is 0 Å². The number of rotatable bonds is 7. The lowest BCUT2D eigenvalue weighted by Crippen LogP contribution is -2.41. The van der Waals surface area contributed by atoms with Crippen LogP contribution in [0.1, 0.15) is 17.3 Å². The SMILES string of the molecule is O=C(NCCCn1ccnn1)NC(C(=O)O)c1cccs1. The lowest BCUT2D eigenvalue weighted by atomic mass is 10.2. The van der Waals surface area contributed by atoms with E-state index in [4.69, 9.17) is 5.11 Å². The molecular weight excluding hydrogens is 294 g/mol. The number of aryl methyl sites for hydroxylation is 1. The fraction of sp³-hybridized carbons (Fsp3) is 0.333. The van der Waals surface area contributed by atoms with Crippen LogP contribution in [0, 0.1) is 0 Å². The molecule has 1 unspecified atom stereocenters. The van der Waals surface area contributed by atoms with Crippen LogP contribution in [0.15, 0.2) is 29.9 Å². The van der Waals surface area contributed by atoms with Gasteiger partial charge in [-0.2, -0.15) is 0 Å². The minimum absolute atomic E-state index is 0.419. The van der Waals surface area contributed by atoms with Crippen LogP contribution < -0.4 is 10.6 Å². The van der Waals surface area contributed by atoms with Gasteiger partial charge >= 0.3 is 12.0 Å². The van der Waals surface area contributed by atoms with E-state index in [1.165, 1.54) is 11.3 Å². The van der Waals surface area contributed by atoms with Crippen molar-refractivity contribution in [1.29, 1.82) is 0 Å². The lowest BCUT2D eigenvalue weighted by molar-refractivity contribution is -0.139. The Kier molecular flexibility index (Phi) is 5.27. The van der Waals surface area contributed by atoms with Crippen molar-refractivity contribution >= 4 is 23.3 Å². The first-order valence-corrected chi connectivity index (χ1v) is 7.19. The highest BCUT2D eigenvalue weighted by molar-refractivity contribution is 7.10. The first kappa shape index (κ1) is 15.0. The van der Waals surface area contributed by atoms with E-state index < -0.39 is 18.0 Å². The van der Waals surface area contributed by atoms with Gasteiger partial charge in [0.05, 0.1) is 6.20 Å². The van der Waals surface area contributed by atoms with Gasteiger partial charge in [-0.1, -0.05) is 11.3 Å². The zero-order valence-corrected chi connectivity index (χ0v) is 11.9. The van der Waals surface area contributed by atoms with Crippen LogP contribution in [0.5, 0.6) is 0 Å². The van der Waals surface area contributed by atoms with Crippen molar-refractivity contribution in [3.05, 3.63) is 34.8 Å². The zero-order chi connectivity index (χ0) is 15.1. The number of aromatic nitrogens is 3. The number of hydrogen-bond acceptors (Lipinski definition) is 5. The molecule has 0 spiro atoms. The minimum Gasteiger partial charge on any atom is -0.479 e. The van der Waals surface area contributed by atoms with Crippen molar-refractivity contribution in [2.45, 2.75) is 19.0 Å². The lowest BCUT2D eigenvalue weighted by Gasteiger charge is -2.13. The highest BCUT2D eigenvalue weighted by Crippen LogP contribution is 2.18. The third-order valence-electron chi connectivity index (χ3n) is 2.67. The van der Waals surface area contributed by atoms with Crippen molar-refractivity contribution in [1.82, 2.24) is 25.6 Å². The summed E-state index contributed by atoms with van der Waals surface area (Å²) in [4.78, 5) is 23.4. The summed E-state index contributed by atoms with van der Waals surface area (Å²) in [6.45, 7) is 1.05. The Morgan fingerprint density at radius 3 is 2.95 bits per heavy atom. The molecule has 2 rings (SSSR count). The molecule has 3 N–H and O–H groups in total. The molecule has 2 amide bonds. The molecule has 0 radical (unpaired) electrons. The highest BCUT2D eigenvalue weighted by Gasteiger charge is 2.22. The minimum atomic E-state index is -1.09. The van der Waals surface area contributed by atoms with E-state index in [-0.39, 0.29) is 0 Å². The Morgan fingerprint density at radius 2 is 2.33 bits per heavy atom. The molecule has 9 heteroatoms. The second-order valence-electron chi connectivity index (χ2n) is 4.21. The summed E-state index contributed by atoms with van der Waals surface area (Å²) in [5.74, 6) is -1.09. The van der Waals surface area contributed by atoms with Gasteiger partial charge in [-0.15, -0.1) is 16.4 Å². The first-order valence-electron chi connectivity index (χ1n) is 6.31. The quantitative estimate of drug-likeness (QED) is 0.657. The molecule has 2 aromatic heterocycles. The van der Waals surface area contributed by atoms with Crippen LogP contribution >= 0.6 is 11.3 Å². The van der Waals surface area contributed by atoms with Crippen molar-refractivity contribution in [3.63, 3.8) is 0 Å². The van der Waals surface area contributed by atoms with Crippen LogP contribution in [-0.2, 0) is 11.3 Å². The van der Waals surface area contributed by atoms with Gasteiger partial charge in [0.2, 0.25) is 0 Å². The van der Waals surface area contributed by atoms with E-state index in [0.29, 0.717) is 24.4 Å². The fourth-order valence-electron chi connectivity index (χ4n) is 1.69. The molecule has 0 saturated heterocycles. The third-order valence-corrected chi connectivity index (χ3v) is 3.61. The van der Waals surface area contributed by atoms with Gasteiger partial charge in [0.15, 0.2) is 6.04 Å². The van der Waals surface area contributed by atoms with Gasteiger partial charge in [-0.25, -0.2) is 9.59 Å². The van der Waals surface area contributed by atoms with E-state index in [1.54, 1.807) is 34.6 Å². The maximum absolute atomic E-state index is 11.7. The monoisotopic (exact) mass is 309 g/mol. The molecule has 112 valence electrons. The Bertz CT molecular complexity index is 570. The normalized spacial score (nSPS) is 11.8. The molecule has 0 bridgehead atoms. The predicted octanol–water partition coefficient (Wildman–Crippen LogP) is 0.855. The largest absolute Gasteiger partial charge is 0.479 e. The smallest absolute Gasteiger partial charge is 0.331 e. The summed E-state index contributed by atoms with van der Waals surface area (Å²) in [6, 6.07) is 1.89. The Morgan fingerprint density at radius 1 is 1.48 bits per heavy atom. The molecule has 21 heavy (non-hydrogen) atoms. The number of urea groups is 1. The maximum Gasteiger partial charge on any atom is 0.331 e. The summed E-state index contributed by atoms with van der Waals surface area (Å²) in [5, 5.41) is 23.4. The number of nitrogens with zero attached hydrogens (tertiary/aromatic N) is 3. The van der Waals surface area contributed by atoms with Gasteiger partial charge in [0.1, 0.15) is 0 Å². The predicted molar refractivity (Wildman–Crippen MR) is 75.9 cm³/mol. The van der Waals surface area contributed by atoms with Crippen LogP contribution in [0.4, 0.5) is 4.79 Å². The van der Waals surface area contributed by atoms with Crippen molar-refractivity contribution in [2.75, 3.05) is 6.54 Å². The van der Waals surface area contributed by atoms with Crippen molar-refractivity contribution in [3.8, 4) is 0 Å². The van der Waals surface area contributed by atoms with Crippen molar-refractivity contribution < 1.29 is 14.7 Å². The number of carboxylic acids is 1. The number of carbonyl (C=O) groups excluding carboxylic acids is 1. The zero-order valence-electron chi connectivity index (χ0n) is 11.1. The third kappa shape index (κ3) is 4.56. The molecule has 0 aliphatic heterocycles. The molecular formula is C12H15N5O3S. The molecule has 0 saturated carbocycles. The molecule has 2 heterocycles. The molecule has 0 aliphatic carbocycles. The van der Waals surface area contributed by atoms with E-state index >= 15 is 0 Å². The van der Waals surface area contributed by atoms with Crippen LogP contribution in [-0.4, -0.2) is 38.6 Å². The number of aliphatic carboxylic acids is 1. The van der Waals surface area contributed by atoms with Gasteiger partial charge in [0.25, 0.3) is 0 Å². The van der Waals surface area contributed by atoms with Crippen LogP contribution in [0.25, 0.3) is 0 Å². The number of nitrogens with one attached hydrogen (secondary N) is 2. The average molecular weight is 309 g/mol. The molecule has 1 atom stereocenters. The highest BCUT2D eigenvalue weighted by atomic mass is 32.1. The summed E-state index contributed by atoms with van der Waals surface area (Å²) < 4.78 is 1.66. The summed E-state index contributed by atoms with van der Waals surface area (Å²) >= 11 is 1.29. The number of hydrogen-bond donors (Lipinski definition) is 3. The topological polar surface area (TPSA) is 109 Å². The maximum atomic E-state index is 11.7. The number of carboxylic acid groups (broad SMARTS) is 1. The van der Waals surface area contributed by atoms with Crippen LogP contribution in [0.2, 0.25) is 0 Å². The fourth-order valence-corrected chi connectivity index (χ4v) is 2.45. The van der Waals surface area contributed by atoms with Gasteiger partial charge in [-0.05, 0) is 17.9 Å². The number of amides is 2. The van der Waals surface area contributed by atoms with E-state index in [9.17, 15) is 9.59 Å². The van der Waals surface area contributed by atoms with Gasteiger partial charge < -0.3 is 15.7 Å².